The maximum atomic E-state index is 9.71. The molecule has 0 saturated heterocycles. The van der Waals surface area contributed by atoms with Crippen LogP contribution >= 0.6 is 0 Å². The maximum absolute atomic E-state index is 9.71. The van der Waals surface area contributed by atoms with Crippen LogP contribution in [0.1, 0.15) is 31.2 Å². The van der Waals surface area contributed by atoms with Crippen molar-refractivity contribution in [2.75, 3.05) is 20.2 Å². The van der Waals surface area contributed by atoms with Crippen molar-refractivity contribution in [2.45, 2.75) is 44.4 Å². The first-order valence-corrected chi connectivity index (χ1v) is 8.22. The molecule has 1 aromatic carbocycles. The lowest BCUT2D eigenvalue weighted by Gasteiger charge is -2.25. The Balaban J connectivity index is 1.35. The number of rotatable bonds is 6. The standard InChI is InChI=1S/C18H27NO2/c1-19(7-8-21-13-14-5-3-2-4-6-14)17-9-15-11-18(20)12-16(15)10-17/h2-6,15-18,20H,7-13H2,1H3/t15-,16+,17?,18?. The van der Waals surface area contributed by atoms with Crippen LogP contribution in [0.3, 0.4) is 0 Å². The van der Waals surface area contributed by atoms with E-state index >= 15 is 0 Å². The Labute approximate surface area is 127 Å². The van der Waals surface area contributed by atoms with Crippen LogP contribution in [0.25, 0.3) is 0 Å². The van der Waals surface area contributed by atoms with E-state index in [0.717, 1.165) is 37.8 Å². The molecule has 2 unspecified atom stereocenters. The molecule has 0 bridgehead atoms. The van der Waals surface area contributed by atoms with E-state index in [9.17, 15) is 5.11 Å². The molecular weight excluding hydrogens is 262 g/mol. The molecule has 3 rings (SSSR count). The highest BCUT2D eigenvalue weighted by molar-refractivity contribution is 5.13. The van der Waals surface area contributed by atoms with Gasteiger partial charge in [0.1, 0.15) is 0 Å². The predicted octanol–water partition coefficient (Wildman–Crippen LogP) is 2.68. The molecule has 1 aromatic rings. The number of hydrogen-bond acceptors (Lipinski definition) is 3. The van der Waals surface area contributed by atoms with Crippen LogP contribution in [-0.2, 0) is 11.3 Å². The fourth-order valence-electron chi connectivity index (χ4n) is 4.07. The van der Waals surface area contributed by atoms with E-state index in [1.54, 1.807) is 0 Å². The van der Waals surface area contributed by atoms with Gasteiger partial charge in [-0.05, 0) is 50.1 Å². The van der Waals surface area contributed by atoms with E-state index in [1.165, 1.54) is 18.4 Å². The first-order chi connectivity index (χ1) is 10.2. The van der Waals surface area contributed by atoms with Gasteiger partial charge in [-0.2, -0.15) is 0 Å². The first kappa shape index (κ1) is 15.0. The number of nitrogens with zero attached hydrogens (tertiary/aromatic N) is 1. The molecule has 2 fully saturated rings. The van der Waals surface area contributed by atoms with E-state index in [-0.39, 0.29) is 6.10 Å². The summed E-state index contributed by atoms with van der Waals surface area (Å²) >= 11 is 0. The molecule has 2 saturated carbocycles. The highest BCUT2D eigenvalue weighted by Crippen LogP contribution is 2.45. The molecule has 4 atom stereocenters. The van der Waals surface area contributed by atoms with Gasteiger partial charge in [0.2, 0.25) is 0 Å². The Bertz CT molecular complexity index is 422. The average Bonchev–Trinajstić information content (AvgIpc) is 3.02. The lowest BCUT2D eigenvalue weighted by Crippen LogP contribution is -2.33. The zero-order chi connectivity index (χ0) is 14.7. The first-order valence-electron chi connectivity index (χ1n) is 8.22. The van der Waals surface area contributed by atoms with Gasteiger partial charge in [0.25, 0.3) is 0 Å². The van der Waals surface area contributed by atoms with E-state index in [2.05, 4.69) is 36.2 Å². The van der Waals surface area contributed by atoms with Crippen molar-refractivity contribution in [2.24, 2.45) is 11.8 Å². The lowest BCUT2D eigenvalue weighted by atomic mass is 10.0. The van der Waals surface area contributed by atoms with E-state index < -0.39 is 0 Å². The van der Waals surface area contributed by atoms with Crippen molar-refractivity contribution in [1.29, 1.82) is 0 Å². The van der Waals surface area contributed by atoms with Gasteiger partial charge in [-0.3, -0.25) is 0 Å². The topological polar surface area (TPSA) is 32.7 Å². The van der Waals surface area contributed by atoms with Crippen LogP contribution in [0.15, 0.2) is 30.3 Å². The van der Waals surface area contributed by atoms with E-state index in [0.29, 0.717) is 12.6 Å². The summed E-state index contributed by atoms with van der Waals surface area (Å²) in [5, 5.41) is 9.71. The second kappa shape index (κ2) is 6.91. The summed E-state index contributed by atoms with van der Waals surface area (Å²) in [6.45, 7) is 2.50. The Morgan fingerprint density at radius 1 is 1.10 bits per heavy atom. The average molecular weight is 289 g/mol. The molecule has 0 amide bonds. The van der Waals surface area contributed by atoms with Gasteiger partial charge < -0.3 is 14.7 Å². The van der Waals surface area contributed by atoms with Crippen LogP contribution in [0.2, 0.25) is 0 Å². The maximum Gasteiger partial charge on any atom is 0.0717 e. The Morgan fingerprint density at radius 2 is 1.76 bits per heavy atom. The Morgan fingerprint density at radius 3 is 2.43 bits per heavy atom. The molecule has 116 valence electrons. The van der Waals surface area contributed by atoms with E-state index in [1.807, 2.05) is 6.07 Å². The molecule has 0 heterocycles. The number of aliphatic hydroxyl groups excluding tert-OH is 1. The number of ether oxygens (including phenoxy) is 1. The molecular formula is C18H27NO2. The zero-order valence-electron chi connectivity index (χ0n) is 12.9. The third kappa shape index (κ3) is 3.85. The van der Waals surface area contributed by atoms with Gasteiger partial charge in [0.05, 0.1) is 19.3 Å². The summed E-state index contributed by atoms with van der Waals surface area (Å²) in [4.78, 5) is 2.45. The third-order valence-electron chi connectivity index (χ3n) is 5.29. The number of likely N-dealkylation sites (N-methyl/N-ethyl adjacent to an activating group) is 1. The Kier molecular flexibility index (Phi) is 4.94. The fourth-order valence-corrected chi connectivity index (χ4v) is 4.07. The SMILES string of the molecule is CN(CCOCc1ccccc1)C1C[C@H]2CC(O)C[C@H]2C1. The van der Waals surface area contributed by atoms with Gasteiger partial charge in [0.15, 0.2) is 0 Å². The number of aliphatic hydroxyl groups is 1. The molecule has 2 aliphatic rings. The summed E-state index contributed by atoms with van der Waals surface area (Å²) in [5.41, 5.74) is 1.24. The molecule has 2 aliphatic carbocycles. The molecule has 0 radical (unpaired) electrons. The molecule has 0 aliphatic heterocycles. The number of hydrogen-bond donors (Lipinski definition) is 1. The molecule has 1 N–H and O–H groups in total. The monoisotopic (exact) mass is 289 g/mol. The summed E-state index contributed by atoms with van der Waals surface area (Å²) < 4.78 is 5.78. The Hall–Kier alpha value is -0.900. The second-order valence-corrected chi connectivity index (χ2v) is 6.79. The van der Waals surface area contributed by atoms with Gasteiger partial charge in [0, 0.05) is 12.6 Å². The molecule has 3 heteroatoms. The lowest BCUT2D eigenvalue weighted by molar-refractivity contribution is 0.0853. The second-order valence-electron chi connectivity index (χ2n) is 6.79. The summed E-state index contributed by atoms with van der Waals surface area (Å²) in [5.74, 6) is 1.52. The summed E-state index contributed by atoms with van der Waals surface area (Å²) in [7, 11) is 2.22. The minimum Gasteiger partial charge on any atom is -0.393 e. The number of fused-ring (bicyclic) bond motifs is 1. The van der Waals surface area contributed by atoms with Gasteiger partial charge in [-0.25, -0.2) is 0 Å². The molecule has 3 nitrogen and oxygen atoms in total. The van der Waals surface area contributed by atoms with E-state index in [4.69, 9.17) is 4.74 Å². The van der Waals surface area contributed by atoms with Crippen molar-refractivity contribution in [1.82, 2.24) is 4.90 Å². The van der Waals surface area contributed by atoms with Crippen molar-refractivity contribution in [3.8, 4) is 0 Å². The third-order valence-corrected chi connectivity index (χ3v) is 5.29. The van der Waals surface area contributed by atoms with Crippen molar-refractivity contribution in [3.63, 3.8) is 0 Å². The van der Waals surface area contributed by atoms with Crippen LogP contribution in [-0.4, -0.2) is 42.4 Å². The predicted molar refractivity (Wildman–Crippen MR) is 84.0 cm³/mol. The number of benzene rings is 1. The van der Waals surface area contributed by atoms with Gasteiger partial charge >= 0.3 is 0 Å². The van der Waals surface area contributed by atoms with Crippen LogP contribution in [0.5, 0.6) is 0 Å². The molecule has 0 aromatic heterocycles. The van der Waals surface area contributed by atoms with Crippen molar-refractivity contribution in [3.05, 3.63) is 35.9 Å². The summed E-state index contributed by atoms with van der Waals surface area (Å²) in [6.07, 6.45) is 4.55. The summed E-state index contributed by atoms with van der Waals surface area (Å²) in [6, 6.07) is 11.0. The highest BCUT2D eigenvalue weighted by Gasteiger charge is 2.41. The van der Waals surface area contributed by atoms with Crippen molar-refractivity contribution < 1.29 is 9.84 Å². The molecule has 0 spiro atoms. The van der Waals surface area contributed by atoms with Crippen LogP contribution in [0, 0.1) is 11.8 Å². The molecule has 21 heavy (non-hydrogen) atoms. The zero-order valence-corrected chi connectivity index (χ0v) is 12.9. The minimum absolute atomic E-state index is 0.0274. The van der Waals surface area contributed by atoms with Crippen LogP contribution in [0.4, 0.5) is 0 Å². The van der Waals surface area contributed by atoms with Gasteiger partial charge in [-0.1, -0.05) is 30.3 Å². The fraction of sp³-hybridized carbons (Fsp3) is 0.667. The minimum atomic E-state index is -0.0274. The van der Waals surface area contributed by atoms with Crippen LogP contribution < -0.4 is 0 Å². The smallest absolute Gasteiger partial charge is 0.0717 e. The highest BCUT2D eigenvalue weighted by atomic mass is 16.5. The normalized spacial score (nSPS) is 31.8. The quantitative estimate of drug-likeness (QED) is 0.817. The largest absolute Gasteiger partial charge is 0.393 e. The van der Waals surface area contributed by atoms with Gasteiger partial charge in [-0.15, -0.1) is 0 Å². The van der Waals surface area contributed by atoms with Crippen molar-refractivity contribution >= 4 is 0 Å².